The van der Waals surface area contributed by atoms with Crippen LogP contribution in [0, 0.1) is 0 Å². The van der Waals surface area contributed by atoms with E-state index in [-0.39, 0.29) is 0 Å². The summed E-state index contributed by atoms with van der Waals surface area (Å²) in [7, 11) is 1.91. The average Bonchev–Trinajstić information content (AvgIpc) is 2.52. The summed E-state index contributed by atoms with van der Waals surface area (Å²) in [5.74, 6) is 0.858. The van der Waals surface area contributed by atoms with Gasteiger partial charge in [0.2, 0.25) is 0 Å². The molecule has 5 nitrogen and oxygen atoms in total. The Morgan fingerprint density at radius 2 is 2.46 bits per heavy atom. The van der Waals surface area contributed by atoms with Crippen LogP contribution in [0.1, 0.15) is 12.7 Å². The largest absolute Gasteiger partial charge is 0.372 e. The topological polar surface area (TPSA) is 52.0 Å². The maximum Gasteiger partial charge on any atom is 0.158 e. The molecule has 0 aromatic carbocycles. The molecule has 0 aliphatic heterocycles. The quantitative estimate of drug-likeness (QED) is 0.629. The van der Waals surface area contributed by atoms with E-state index in [1.807, 2.05) is 11.6 Å². The van der Waals surface area contributed by atoms with E-state index in [1.165, 1.54) is 0 Å². The standard InChI is InChI=1S/C8H16N4O/c1-3-9-4-5-13-6-8-11-10-7-12(8)2/h7,9H,3-6H2,1-2H3. The first-order valence-electron chi connectivity index (χ1n) is 4.46. The SMILES string of the molecule is CCNCCOCc1nncn1C. The molecule has 0 atom stereocenters. The molecule has 5 heteroatoms. The van der Waals surface area contributed by atoms with E-state index in [4.69, 9.17) is 4.74 Å². The Morgan fingerprint density at radius 1 is 1.62 bits per heavy atom. The van der Waals surface area contributed by atoms with Crippen molar-refractivity contribution in [3.63, 3.8) is 0 Å². The van der Waals surface area contributed by atoms with Crippen molar-refractivity contribution in [2.75, 3.05) is 19.7 Å². The van der Waals surface area contributed by atoms with Gasteiger partial charge < -0.3 is 14.6 Å². The first-order chi connectivity index (χ1) is 6.34. The fraction of sp³-hybridized carbons (Fsp3) is 0.750. The molecule has 0 saturated carbocycles. The highest BCUT2D eigenvalue weighted by Gasteiger charge is 1.98. The van der Waals surface area contributed by atoms with E-state index in [2.05, 4.69) is 22.4 Å². The second-order valence-electron chi connectivity index (χ2n) is 2.76. The molecule has 0 fully saturated rings. The van der Waals surface area contributed by atoms with E-state index in [0.29, 0.717) is 13.2 Å². The molecular formula is C8H16N4O. The normalized spacial score (nSPS) is 10.6. The first kappa shape index (κ1) is 10.1. The molecule has 0 aliphatic rings. The smallest absolute Gasteiger partial charge is 0.158 e. The van der Waals surface area contributed by atoms with Gasteiger partial charge in [0.1, 0.15) is 12.9 Å². The number of rotatable bonds is 6. The molecule has 1 N–H and O–H groups in total. The van der Waals surface area contributed by atoms with Gasteiger partial charge in [-0.25, -0.2) is 0 Å². The Labute approximate surface area is 78.1 Å². The van der Waals surface area contributed by atoms with Crippen LogP contribution in [0.2, 0.25) is 0 Å². The number of nitrogens with zero attached hydrogens (tertiary/aromatic N) is 3. The molecule has 0 aliphatic carbocycles. The van der Waals surface area contributed by atoms with E-state index in [1.54, 1.807) is 6.33 Å². The summed E-state index contributed by atoms with van der Waals surface area (Å²) >= 11 is 0. The highest BCUT2D eigenvalue weighted by molar-refractivity contribution is 4.80. The Morgan fingerprint density at radius 3 is 3.08 bits per heavy atom. The van der Waals surface area contributed by atoms with Gasteiger partial charge in [0.25, 0.3) is 0 Å². The number of aromatic nitrogens is 3. The third kappa shape index (κ3) is 3.52. The zero-order valence-corrected chi connectivity index (χ0v) is 8.16. The summed E-state index contributed by atoms with van der Waals surface area (Å²) in [6.07, 6.45) is 1.67. The molecule has 1 aromatic rings. The fourth-order valence-electron chi connectivity index (χ4n) is 0.922. The predicted octanol–water partition coefficient (Wildman–Crippen LogP) is -0.0588. The third-order valence-corrected chi connectivity index (χ3v) is 1.71. The third-order valence-electron chi connectivity index (χ3n) is 1.71. The average molecular weight is 184 g/mol. The second-order valence-corrected chi connectivity index (χ2v) is 2.76. The van der Waals surface area contributed by atoms with Crippen LogP contribution in [-0.2, 0) is 18.4 Å². The zero-order chi connectivity index (χ0) is 9.52. The maximum absolute atomic E-state index is 5.38. The molecule has 0 radical (unpaired) electrons. The molecule has 0 unspecified atom stereocenters. The summed E-state index contributed by atoms with van der Waals surface area (Å²) in [5.41, 5.74) is 0. The minimum absolute atomic E-state index is 0.530. The fourth-order valence-corrected chi connectivity index (χ4v) is 0.922. The van der Waals surface area contributed by atoms with Gasteiger partial charge in [-0.2, -0.15) is 0 Å². The van der Waals surface area contributed by atoms with Crippen LogP contribution in [0.3, 0.4) is 0 Å². The molecule has 1 heterocycles. The van der Waals surface area contributed by atoms with E-state index in [9.17, 15) is 0 Å². The number of hydrogen-bond acceptors (Lipinski definition) is 4. The molecule has 0 spiro atoms. The Hall–Kier alpha value is -0.940. The number of aryl methyl sites for hydroxylation is 1. The van der Waals surface area contributed by atoms with Crippen LogP contribution in [0.5, 0.6) is 0 Å². The molecule has 0 saturated heterocycles. The van der Waals surface area contributed by atoms with Crippen molar-refractivity contribution >= 4 is 0 Å². The summed E-state index contributed by atoms with van der Waals surface area (Å²) in [6, 6.07) is 0. The van der Waals surface area contributed by atoms with Crippen LogP contribution in [0.15, 0.2) is 6.33 Å². The summed E-state index contributed by atoms with van der Waals surface area (Å²) in [5, 5.41) is 10.8. The maximum atomic E-state index is 5.38. The lowest BCUT2D eigenvalue weighted by atomic mass is 10.6. The lowest BCUT2D eigenvalue weighted by Crippen LogP contribution is -2.19. The summed E-state index contributed by atoms with van der Waals surface area (Å²) < 4.78 is 7.23. The molecule has 13 heavy (non-hydrogen) atoms. The summed E-state index contributed by atoms with van der Waals surface area (Å²) in [4.78, 5) is 0. The minimum Gasteiger partial charge on any atom is -0.372 e. The Kier molecular flexibility index (Phi) is 4.42. The van der Waals surface area contributed by atoms with Gasteiger partial charge in [-0.05, 0) is 6.54 Å². The van der Waals surface area contributed by atoms with Crippen LogP contribution in [-0.4, -0.2) is 34.5 Å². The van der Waals surface area contributed by atoms with E-state index < -0.39 is 0 Å². The minimum atomic E-state index is 0.530. The van der Waals surface area contributed by atoms with Gasteiger partial charge in [-0.15, -0.1) is 10.2 Å². The number of likely N-dealkylation sites (N-methyl/N-ethyl adjacent to an activating group) is 1. The zero-order valence-electron chi connectivity index (χ0n) is 8.16. The number of ether oxygens (including phenoxy) is 1. The molecule has 1 rings (SSSR count). The van der Waals surface area contributed by atoms with Crippen molar-refractivity contribution < 1.29 is 4.74 Å². The van der Waals surface area contributed by atoms with Gasteiger partial charge in [-0.1, -0.05) is 6.92 Å². The van der Waals surface area contributed by atoms with Gasteiger partial charge in [0.15, 0.2) is 5.82 Å². The Balaban J connectivity index is 2.10. The van der Waals surface area contributed by atoms with Gasteiger partial charge in [0.05, 0.1) is 6.61 Å². The molecule has 74 valence electrons. The lowest BCUT2D eigenvalue weighted by molar-refractivity contribution is 0.115. The molecule has 0 amide bonds. The highest BCUT2D eigenvalue weighted by atomic mass is 16.5. The van der Waals surface area contributed by atoms with Crippen molar-refractivity contribution in [3.05, 3.63) is 12.2 Å². The van der Waals surface area contributed by atoms with Crippen molar-refractivity contribution in [2.24, 2.45) is 7.05 Å². The summed E-state index contributed by atoms with van der Waals surface area (Å²) in [6.45, 7) is 5.17. The van der Waals surface area contributed by atoms with Crippen LogP contribution in [0.25, 0.3) is 0 Å². The van der Waals surface area contributed by atoms with Crippen molar-refractivity contribution in [3.8, 4) is 0 Å². The predicted molar refractivity (Wildman–Crippen MR) is 49.2 cm³/mol. The second kappa shape index (κ2) is 5.66. The van der Waals surface area contributed by atoms with Crippen molar-refractivity contribution in [1.82, 2.24) is 20.1 Å². The monoisotopic (exact) mass is 184 g/mol. The van der Waals surface area contributed by atoms with Crippen LogP contribution in [0.4, 0.5) is 0 Å². The highest BCUT2D eigenvalue weighted by Crippen LogP contribution is 1.93. The number of nitrogens with one attached hydrogen (secondary N) is 1. The van der Waals surface area contributed by atoms with Gasteiger partial charge in [0, 0.05) is 13.6 Å². The van der Waals surface area contributed by atoms with Crippen LogP contribution < -0.4 is 5.32 Å². The van der Waals surface area contributed by atoms with Crippen LogP contribution >= 0.6 is 0 Å². The first-order valence-corrected chi connectivity index (χ1v) is 4.46. The van der Waals surface area contributed by atoms with Crippen molar-refractivity contribution in [2.45, 2.75) is 13.5 Å². The van der Waals surface area contributed by atoms with Gasteiger partial charge >= 0.3 is 0 Å². The number of hydrogen-bond donors (Lipinski definition) is 1. The van der Waals surface area contributed by atoms with E-state index >= 15 is 0 Å². The van der Waals surface area contributed by atoms with Crippen molar-refractivity contribution in [1.29, 1.82) is 0 Å². The lowest BCUT2D eigenvalue weighted by Gasteiger charge is -2.03. The van der Waals surface area contributed by atoms with Gasteiger partial charge in [-0.3, -0.25) is 0 Å². The Bertz CT molecular complexity index is 236. The molecule has 0 bridgehead atoms. The van der Waals surface area contributed by atoms with E-state index in [0.717, 1.165) is 18.9 Å². The molecular weight excluding hydrogens is 168 g/mol. The molecule has 1 aromatic heterocycles.